The van der Waals surface area contributed by atoms with Crippen LogP contribution < -0.4 is 17.0 Å². The van der Waals surface area contributed by atoms with Gasteiger partial charge in [0.15, 0.2) is 28.9 Å². The van der Waals surface area contributed by atoms with E-state index in [4.69, 9.17) is 30.0 Å². The summed E-state index contributed by atoms with van der Waals surface area (Å²) in [5.74, 6) is -0.121. The lowest BCUT2D eigenvalue weighted by atomic mass is 10.1. The standard InChI is InChI=1S/C21H26N10O12P2/c22-15-11-16(25-4-24-15)30(5-26-11)20-13(32)14(10(42-20)3-39-44(34,35)36)43-45(37,38)40-2-9-7-1-8(7)19(41-9)31-6-27-12-17(31)28-21(23)29-18(12)33/h4-10,13-14,19-20,32H,1-3H2,(H,37,38)(H2,22,24,25)(H2,34,35,36)(H3,23,28,29,33)/t7-,8?,9-,10-,13-,14-,19-,20-/m1/s1. The average molecular weight is 672 g/mol. The molecule has 0 spiro atoms. The number of imidazole rings is 2. The molecular weight excluding hydrogens is 646 g/mol. The number of hydrogen-bond donors (Lipinski definition) is 7. The molecule has 0 amide bonds. The van der Waals surface area contributed by atoms with E-state index in [2.05, 4.69) is 34.4 Å². The largest absolute Gasteiger partial charge is 0.472 e. The van der Waals surface area contributed by atoms with Crippen LogP contribution in [0.5, 0.6) is 0 Å². The smallest absolute Gasteiger partial charge is 0.386 e. The highest BCUT2D eigenvalue weighted by Gasteiger charge is 2.57. The van der Waals surface area contributed by atoms with Crippen molar-refractivity contribution in [3.63, 3.8) is 0 Å². The number of ether oxygens (including phenoxy) is 2. The van der Waals surface area contributed by atoms with Gasteiger partial charge in [-0.3, -0.25) is 32.5 Å². The van der Waals surface area contributed by atoms with E-state index in [9.17, 15) is 33.7 Å². The molecule has 22 nitrogen and oxygen atoms in total. The molecule has 0 bridgehead atoms. The molecule has 0 aromatic carbocycles. The third-order valence-corrected chi connectivity index (χ3v) is 9.28. The monoisotopic (exact) mass is 672 g/mol. The molecule has 1 saturated carbocycles. The molecule has 3 aliphatic rings. The van der Waals surface area contributed by atoms with Crippen LogP contribution >= 0.6 is 15.6 Å². The number of rotatable bonds is 10. The van der Waals surface area contributed by atoms with Crippen LogP contribution in [0.3, 0.4) is 0 Å². The van der Waals surface area contributed by atoms with Gasteiger partial charge in [0, 0.05) is 5.92 Å². The van der Waals surface area contributed by atoms with Gasteiger partial charge in [-0.1, -0.05) is 0 Å². The quantitative estimate of drug-likeness (QED) is 0.0945. The highest BCUT2D eigenvalue weighted by atomic mass is 31.2. The highest BCUT2D eigenvalue weighted by molar-refractivity contribution is 7.47. The molecule has 2 saturated heterocycles. The van der Waals surface area contributed by atoms with Crippen LogP contribution in [0.1, 0.15) is 18.9 Å². The van der Waals surface area contributed by atoms with Crippen molar-refractivity contribution in [2.45, 2.75) is 43.3 Å². The molecule has 0 radical (unpaired) electrons. The van der Waals surface area contributed by atoms with Crippen molar-refractivity contribution in [3.05, 3.63) is 29.3 Å². The van der Waals surface area contributed by atoms with Crippen molar-refractivity contribution in [1.29, 1.82) is 0 Å². The minimum atomic E-state index is -5.01. The van der Waals surface area contributed by atoms with Gasteiger partial charge in [-0.2, -0.15) is 4.98 Å². The molecule has 6 heterocycles. The molecule has 45 heavy (non-hydrogen) atoms. The molecule has 9 N–H and O–H groups in total. The summed E-state index contributed by atoms with van der Waals surface area (Å²) in [6, 6.07) is 0. The maximum atomic E-state index is 13.1. The number of phosphoric ester groups is 2. The zero-order valence-electron chi connectivity index (χ0n) is 22.7. The first-order valence-electron chi connectivity index (χ1n) is 13.3. The summed E-state index contributed by atoms with van der Waals surface area (Å²) < 4.78 is 54.2. The van der Waals surface area contributed by atoms with Gasteiger partial charge in [0.2, 0.25) is 5.95 Å². The first-order valence-corrected chi connectivity index (χ1v) is 16.3. The summed E-state index contributed by atoms with van der Waals surface area (Å²) in [5.41, 5.74) is 11.6. The average Bonchev–Trinajstić information content (AvgIpc) is 3.24. The minimum Gasteiger partial charge on any atom is -0.386 e. The van der Waals surface area contributed by atoms with Gasteiger partial charge in [0.25, 0.3) is 5.56 Å². The lowest BCUT2D eigenvalue weighted by Gasteiger charge is -2.24. The summed E-state index contributed by atoms with van der Waals surface area (Å²) in [6.07, 6.45) is -2.98. The van der Waals surface area contributed by atoms with Gasteiger partial charge in [-0.05, 0) is 12.3 Å². The Labute approximate surface area is 250 Å². The van der Waals surface area contributed by atoms with E-state index < -0.39 is 71.3 Å². The van der Waals surface area contributed by atoms with Crippen molar-refractivity contribution in [1.82, 2.24) is 39.0 Å². The lowest BCUT2D eigenvalue weighted by Crippen LogP contribution is -2.36. The Morgan fingerprint density at radius 1 is 0.933 bits per heavy atom. The van der Waals surface area contributed by atoms with E-state index in [0.717, 1.165) is 6.33 Å². The second-order valence-electron chi connectivity index (χ2n) is 10.7. The zero-order valence-corrected chi connectivity index (χ0v) is 24.5. The van der Waals surface area contributed by atoms with E-state index in [1.165, 1.54) is 17.2 Å². The molecule has 7 rings (SSSR count). The van der Waals surface area contributed by atoms with Crippen LogP contribution in [0.25, 0.3) is 22.3 Å². The first kappa shape index (κ1) is 30.3. The van der Waals surface area contributed by atoms with Crippen LogP contribution in [-0.4, -0.2) is 96.5 Å². The summed E-state index contributed by atoms with van der Waals surface area (Å²) in [4.78, 5) is 63.8. The molecule has 2 unspecified atom stereocenters. The Morgan fingerprint density at radius 2 is 1.62 bits per heavy atom. The fourth-order valence-corrected chi connectivity index (χ4v) is 7.03. The number of aromatic nitrogens is 8. The van der Waals surface area contributed by atoms with E-state index in [0.29, 0.717) is 6.42 Å². The predicted molar refractivity (Wildman–Crippen MR) is 146 cm³/mol. The number of aromatic amines is 1. The number of fused-ring (bicyclic) bond motifs is 3. The zero-order chi connectivity index (χ0) is 31.8. The summed E-state index contributed by atoms with van der Waals surface area (Å²) in [5, 5.41) is 11.1. The number of aliphatic hydroxyl groups is 1. The topological polar surface area (TPSA) is 320 Å². The summed E-state index contributed by atoms with van der Waals surface area (Å²) in [7, 11) is -9.97. The van der Waals surface area contributed by atoms with Crippen LogP contribution in [0, 0.1) is 11.8 Å². The lowest BCUT2D eigenvalue weighted by molar-refractivity contribution is -0.0568. The number of nitrogens with zero attached hydrogens (tertiary/aromatic N) is 7. The number of nitrogen functional groups attached to an aromatic ring is 2. The van der Waals surface area contributed by atoms with Crippen molar-refractivity contribution in [2.24, 2.45) is 11.8 Å². The normalized spacial score (nSPS) is 31.0. The van der Waals surface area contributed by atoms with Crippen molar-refractivity contribution >= 4 is 49.7 Å². The van der Waals surface area contributed by atoms with E-state index >= 15 is 0 Å². The third kappa shape index (κ3) is 5.64. The Kier molecular flexibility index (Phi) is 7.30. The van der Waals surface area contributed by atoms with Crippen LogP contribution in [-0.2, 0) is 32.2 Å². The van der Waals surface area contributed by atoms with Crippen molar-refractivity contribution < 1.29 is 52.0 Å². The van der Waals surface area contributed by atoms with Gasteiger partial charge in [-0.25, -0.2) is 29.1 Å². The number of anilines is 2. The third-order valence-electron chi connectivity index (χ3n) is 7.81. The van der Waals surface area contributed by atoms with Crippen LogP contribution in [0.15, 0.2) is 23.8 Å². The molecule has 242 valence electrons. The minimum absolute atomic E-state index is 0.0137. The number of phosphoric acid groups is 2. The highest BCUT2D eigenvalue weighted by Crippen LogP contribution is 2.58. The Hall–Kier alpha value is -3.40. The molecular formula is C21H26N10O12P2. The predicted octanol–water partition coefficient (Wildman–Crippen LogP) is -1.47. The molecule has 4 aromatic heterocycles. The van der Waals surface area contributed by atoms with E-state index in [1.54, 1.807) is 4.57 Å². The summed E-state index contributed by atoms with van der Waals surface area (Å²) in [6.45, 7) is -1.23. The number of nitrogens with one attached hydrogen (secondary N) is 1. The van der Waals surface area contributed by atoms with Crippen molar-refractivity contribution in [2.75, 3.05) is 24.7 Å². The van der Waals surface area contributed by atoms with Crippen LogP contribution in [0.4, 0.5) is 11.8 Å². The molecule has 3 fully saturated rings. The Balaban J connectivity index is 1.06. The van der Waals surface area contributed by atoms with Gasteiger partial charge in [-0.15, -0.1) is 0 Å². The van der Waals surface area contributed by atoms with Gasteiger partial charge in [0.1, 0.15) is 36.4 Å². The van der Waals surface area contributed by atoms with Gasteiger partial charge < -0.3 is 40.7 Å². The Bertz CT molecular complexity index is 1930. The number of hydrogen-bond acceptors (Lipinski definition) is 16. The second kappa shape index (κ2) is 10.9. The molecule has 24 heteroatoms. The fraction of sp³-hybridized carbons (Fsp3) is 0.524. The molecule has 1 aliphatic carbocycles. The molecule has 9 atom stereocenters. The number of aliphatic hydroxyl groups excluding tert-OH is 1. The van der Waals surface area contributed by atoms with Gasteiger partial charge >= 0.3 is 15.6 Å². The first-order chi connectivity index (χ1) is 21.3. The maximum absolute atomic E-state index is 13.1. The number of H-pyrrole nitrogens is 1. The van der Waals surface area contributed by atoms with E-state index in [-0.39, 0.29) is 45.9 Å². The van der Waals surface area contributed by atoms with E-state index in [1.807, 2.05) is 0 Å². The second-order valence-corrected chi connectivity index (χ2v) is 13.3. The SMILES string of the molecule is Nc1nc2c(ncn2[C@@H]2O[C@H](COP(=O)(O)O[C@H]3[C@@H](O)[C@H](n4cnc5c(N)ncnc54)O[C@@H]3COP(=O)(O)O)[C@@H]3CC32)c(=O)[nH]1. The summed E-state index contributed by atoms with van der Waals surface area (Å²) >= 11 is 0. The maximum Gasteiger partial charge on any atom is 0.472 e. The number of nitrogens with two attached hydrogens (primary N) is 2. The fourth-order valence-electron chi connectivity index (χ4n) is 5.73. The Morgan fingerprint density at radius 3 is 2.38 bits per heavy atom. The van der Waals surface area contributed by atoms with Crippen LogP contribution in [0.2, 0.25) is 0 Å². The molecule has 4 aromatic rings. The van der Waals surface area contributed by atoms with Gasteiger partial charge in [0.05, 0.1) is 32.0 Å². The van der Waals surface area contributed by atoms with Crippen molar-refractivity contribution in [3.8, 4) is 0 Å². The molecule has 2 aliphatic heterocycles.